The number of rotatable bonds is 8. The number of para-hydroxylation sites is 1. The van der Waals surface area contributed by atoms with E-state index < -0.39 is 0 Å². The molecular formula is C32H35N5O2S. The number of carbonyl (C=O) groups is 1. The summed E-state index contributed by atoms with van der Waals surface area (Å²) < 4.78 is 7.32. The minimum absolute atomic E-state index is 0.00588. The number of benzene rings is 2. The summed E-state index contributed by atoms with van der Waals surface area (Å²) in [6.07, 6.45) is 2.77. The smallest absolute Gasteiger partial charge is 0.250 e. The quantitative estimate of drug-likeness (QED) is 0.256. The number of pyridine rings is 1. The third kappa shape index (κ3) is 5.12. The van der Waals surface area contributed by atoms with Crippen LogP contribution in [0.15, 0.2) is 72.9 Å². The fraction of sp³-hybridized carbons (Fsp3) is 0.281. The van der Waals surface area contributed by atoms with Crippen LogP contribution in [0.5, 0.6) is 0 Å². The molecule has 40 heavy (non-hydrogen) atoms. The zero-order chi connectivity index (χ0) is 28.4. The van der Waals surface area contributed by atoms with Gasteiger partial charge in [-0.1, -0.05) is 31.2 Å². The van der Waals surface area contributed by atoms with Crippen molar-refractivity contribution in [2.24, 2.45) is 0 Å². The van der Waals surface area contributed by atoms with E-state index in [-0.39, 0.29) is 24.6 Å². The minimum Gasteiger partial charge on any atom is -0.375 e. The van der Waals surface area contributed by atoms with Crippen LogP contribution >= 0.6 is 12.2 Å². The van der Waals surface area contributed by atoms with Crippen molar-refractivity contribution in [3.63, 3.8) is 0 Å². The van der Waals surface area contributed by atoms with Gasteiger partial charge in [0.1, 0.15) is 6.61 Å². The van der Waals surface area contributed by atoms with Crippen molar-refractivity contribution in [2.45, 2.75) is 46.2 Å². The molecule has 0 aliphatic carbocycles. The molecule has 0 spiro atoms. The zero-order valence-electron chi connectivity index (χ0n) is 23.6. The number of aromatic nitrogens is 2. The van der Waals surface area contributed by atoms with E-state index in [2.05, 4.69) is 77.3 Å². The van der Waals surface area contributed by atoms with Crippen LogP contribution in [0.2, 0.25) is 0 Å². The molecule has 2 aromatic heterocycles. The first-order valence-corrected chi connectivity index (χ1v) is 13.9. The number of nitrogens with zero attached hydrogens (tertiary/aromatic N) is 3. The van der Waals surface area contributed by atoms with E-state index >= 15 is 0 Å². The lowest BCUT2D eigenvalue weighted by Crippen LogP contribution is -2.29. The molecule has 1 saturated heterocycles. The van der Waals surface area contributed by atoms with E-state index in [4.69, 9.17) is 21.9 Å². The highest BCUT2D eigenvalue weighted by Gasteiger charge is 2.42. The third-order valence-electron chi connectivity index (χ3n) is 7.54. The maximum atomic E-state index is 12.1. The number of hydrogen-bond acceptors (Lipinski definition) is 4. The van der Waals surface area contributed by atoms with E-state index in [0.717, 1.165) is 29.1 Å². The van der Waals surface area contributed by atoms with Crippen LogP contribution in [0.25, 0.3) is 5.69 Å². The Morgan fingerprint density at radius 3 is 2.55 bits per heavy atom. The van der Waals surface area contributed by atoms with Gasteiger partial charge in [0.25, 0.3) is 0 Å². The number of ether oxygens (including phenoxy) is 1. The van der Waals surface area contributed by atoms with Crippen LogP contribution in [0.3, 0.4) is 0 Å². The Labute approximate surface area is 241 Å². The molecule has 1 fully saturated rings. The second kappa shape index (κ2) is 11.6. The molecule has 1 aliphatic rings. The topological polar surface area (TPSA) is 71.4 Å². The molecule has 4 aromatic rings. The van der Waals surface area contributed by atoms with Crippen LogP contribution in [-0.4, -0.2) is 34.3 Å². The summed E-state index contributed by atoms with van der Waals surface area (Å²) in [5, 5.41) is 7.12. The fourth-order valence-electron chi connectivity index (χ4n) is 5.69. The summed E-state index contributed by atoms with van der Waals surface area (Å²) in [6.45, 7) is 8.52. The number of anilines is 2. The Morgan fingerprint density at radius 2 is 1.85 bits per heavy atom. The Morgan fingerprint density at radius 1 is 1.07 bits per heavy atom. The molecule has 0 unspecified atom stereocenters. The Bertz CT molecular complexity index is 1550. The van der Waals surface area contributed by atoms with Gasteiger partial charge in [0.15, 0.2) is 5.11 Å². The first-order chi connectivity index (χ1) is 19.3. The van der Waals surface area contributed by atoms with Gasteiger partial charge in [0.2, 0.25) is 5.91 Å². The average Bonchev–Trinajstić information content (AvgIpc) is 3.45. The average molecular weight is 554 g/mol. The van der Waals surface area contributed by atoms with Crippen molar-refractivity contribution < 1.29 is 9.53 Å². The summed E-state index contributed by atoms with van der Waals surface area (Å²) in [5.41, 5.74) is 9.57. The molecule has 2 aromatic carbocycles. The van der Waals surface area contributed by atoms with Gasteiger partial charge in [0, 0.05) is 41.8 Å². The molecule has 1 amide bonds. The standard InChI is InChI=1S/C32H35N5O2S/c1-6-23-11-7-8-13-28(23)36-21(3)18-25(22(36)4)31-30(27-12-9-10-16-33-27)35-32(40)37(31)24-14-15-26(20(2)17-24)34-29(38)19-39-5/h7-18,30-31H,6,19H2,1-5H3,(H,34,38)(H,35,40)/t30-,31+/m1/s1. The van der Waals surface area contributed by atoms with Crippen LogP contribution in [-0.2, 0) is 16.0 Å². The molecule has 0 bridgehead atoms. The Kier molecular flexibility index (Phi) is 8.00. The molecule has 8 heteroatoms. The summed E-state index contributed by atoms with van der Waals surface area (Å²) in [6, 6.07) is 22.5. The number of nitrogens with one attached hydrogen (secondary N) is 2. The van der Waals surface area contributed by atoms with E-state index in [0.29, 0.717) is 5.11 Å². The first-order valence-electron chi connectivity index (χ1n) is 13.5. The van der Waals surface area contributed by atoms with Crippen LogP contribution in [0.4, 0.5) is 11.4 Å². The highest BCUT2D eigenvalue weighted by molar-refractivity contribution is 7.80. The van der Waals surface area contributed by atoms with Crippen LogP contribution < -0.4 is 15.5 Å². The lowest BCUT2D eigenvalue weighted by atomic mass is 9.96. The van der Waals surface area contributed by atoms with Crippen molar-refractivity contribution in [3.05, 3.63) is 107 Å². The van der Waals surface area contributed by atoms with Gasteiger partial charge in [-0.2, -0.15) is 0 Å². The molecule has 0 radical (unpaired) electrons. The number of amides is 1. The molecular weight excluding hydrogens is 518 g/mol. The molecule has 2 N–H and O–H groups in total. The zero-order valence-corrected chi connectivity index (χ0v) is 24.4. The minimum atomic E-state index is -0.190. The molecule has 0 saturated carbocycles. The highest BCUT2D eigenvalue weighted by Crippen LogP contribution is 2.44. The van der Waals surface area contributed by atoms with E-state index in [1.165, 1.54) is 35.3 Å². The van der Waals surface area contributed by atoms with E-state index in [1.807, 2.05) is 43.5 Å². The molecule has 206 valence electrons. The maximum Gasteiger partial charge on any atom is 0.250 e. The van der Waals surface area contributed by atoms with Gasteiger partial charge in [-0.25, -0.2) is 0 Å². The molecule has 5 rings (SSSR count). The first kappa shape index (κ1) is 27.6. The van der Waals surface area contributed by atoms with Gasteiger partial charge in [-0.15, -0.1) is 0 Å². The van der Waals surface area contributed by atoms with Gasteiger partial charge >= 0.3 is 0 Å². The van der Waals surface area contributed by atoms with E-state index in [9.17, 15) is 4.79 Å². The van der Waals surface area contributed by atoms with Gasteiger partial charge in [-0.3, -0.25) is 9.78 Å². The van der Waals surface area contributed by atoms with Crippen molar-refractivity contribution in [1.29, 1.82) is 0 Å². The monoisotopic (exact) mass is 553 g/mol. The maximum absolute atomic E-state index is 12.1. The summed E-state index contributed by atoms with van der Waals surface area (Å²) in [5.74, 6) is -0.190. The highest BCUT2D eigenvalue weighted by atomic mass is 32.1. The van der Waals surface area contributed by atoms with Crippen molar-refractivity contribution in [3.8, 4) is 5.69 Å². The Balaban J connectivity index is 1.62. The second-order valence-corrected chi connectivity index (χ2v) is 10.5. The summed E-state index contributed by atoms with van der Waals surface area (Å²) in [4.78, 5) is 19.0. The van der Waals surface area contributed by atoms with Crippen LogP contribution in [0.1, 0.15) is 52.8 Å². The van der Waals surface area contributed by atoms with Gasteiger partial charge in [0.05, 0.1) is 17.8 Å². The number of methoxy groups -OCH3 is 1. The second-order valence-electron chi connectivity index (χ2n) is 10.1. The molecule has 2 atom stereocenters. The fourth-order valence-corrected chi connectivity index (χ4v) is 6.04. The van der Waals surface area contributed by atoms with Crippen LogP contribution in [0, 0.1) is 20.8 Å². The molecule has 1 aliphatic heterocycles. The SMILES string of the molecule is CCc1ccccc1-n1c(C)cc([C@H]2[C@@H](c3ccccn3)NC(=S)N2c2ccc(NC(=O)COC)c(C)c2)c1C. The van der Waals surface area contributed by atoms with Crippen molar-refractivity contribution in [1.82, 2.24) is 14.9 Å². The number of thiocarbonyl (C=S) groups is 1. The Hall–Kier alpha value is -4.01. The molecule has 7 nitrogen and oxygen atoms in total. The van der Waals surface area contributed by atoms with Crippen molar-refractivity contribution in [2.75, 3.05) is 23.9 Å². The predicted octanol–water partition coefficient (Wildman–Crippen LogP) is 6.12. The summed E-state index contributed by atoms with van der Waals surface area (Å²) in [7, 11) is 1.51. The number of hydrogen-bond donors (Lipinski definition) is 2. The lowest BCUT2D eigenvalue weighted by Gasteiger charge is -2.29. The summed E-state index contributed by atoms with van der Waals surface area (Å²) >= 11 is 5.97. The third-order valence-corrected chi connectivity index (χ3v) is 7.85. The number of carbonyl (C=O) groups excluding carboxylic acids is 1. The number of aryl methyl sites for hydroxylation is 3. The molecule has 3 heterocycles. The predicted molar refractivity (Wildman–Crippen MR) is 164 cm³/mol. The van der Waals surface area contributed by atoms with Gasteiger partial charge < -0.3 is 24.8 Å². The normalized spacial score (nSPS) is 16.7. The largest absolute Gasteiger partial charge is 0.375 e. The van der Waals surface area contributed by atoms with E-state index in [1.54, 1.807) is 0 Å². The van der Waals surface area contributed by atoms with Gasteiger partial charge in [-0.05, 0) is 98.6 Å². The lowest BCUT2D eigenvalue weighted by molar-refractivity contribution is -0.119. The van der Waals surface area contributed by atoms with Crippen molar-refractivity contribution >= 4 is 34.6 Å².